The molecule has 38 heavy (non-hydrogen) atoms. The van der Waals surface area contributed by atoms with Crippen molar-refractivity contribution in [2.45, 2.75) is 49.8 Å². The van der Waals surface area contributed by atoms with Crippen LogP contribution in [0.5, 0.6) is 0 Å². The van der Waals surface area contributed by atoms with Gasteiger partial charge < -0.3 is 33.5 Å². The van der Waals surface area contributed by atoms with Crippen molar-refractivity contribution < 1.29 is 38.0 Å². The highest BCUT2D eigenvalue weighted by Gasteiger charge is 2.50. The Morgan fingerprint density at radius 2 is 1.32 bits per heavy atom. The molecule has 1 unspecified atom stereocenters. The zero-order valence-corrected chi connectivity index (χ0v) is 24.0. The summed E-state index contributed by atoms with van der Waals surface area (Å²) < 4.78 is 44.0. The van der Waals surface area contributed by atoms with Crippen LogP contribution in [0.1, 0.15) is 22.5 Å². The summed E-state index contributed by atoms with van der Waals surface area (Å²) in [5.74, 6) is -1.50. The fraction of sp³-hybridized carbons (Fsp3) is 0.357. The van der Waals surface area contributed by atoms with Crippen LogP contribution in [-0.4, -0.2) is 52.0 Å². The summed E-state index contributed by atoms with van der Waals surface area (Å²) in [6.07, 6.45) is -3.70. The molecule has 0 saturated carbocycles. The lowest BCUT2D eigenvalue weighted by molar-refractivity contribution is -0.314. The Morgan fingerprint density at radius 1 is 0.816 bits per heavy atom. The lowest BCUT2D eigenvalue weighted by Crippen LogP contribution is -2.61. The molecule has 0 bridgehead atoms. The zero-order chi connectivity index (χ0) is 27.0. The maximum atomic E-state index is 12.6. The average Bonchev–Trinajstić information content (AvgIpc) is 2.94. The Morgan fingerprint density at radius 3 is 1.79 bits per heavy atom. The smallest absolute Gasteiger partial charge is 0.358 e. The van der Waals surface area contributed by atoms with Gasteiger partial charge in [0, 0.05) is 11.5 Å². The Balaban J connectivity index is 1.67. The molecule has 6 atom stereocenters. The Labute approximate surface area is 236 Å². The molecular formula is C28H32IO8P. The maximum absolute atomic E-state index is 12.6. The lowest BCUT2D eigenvalue weighted by atomic mass is 9.98. The van der Waals surface area contributed by atoms with Crippen molar-refractivity contribution >= 4 is 30.2 Å². The Hall–Kier alpha value is -1.66. The van der Waals surface area contributed by atoms with E-state index in [9.17, 15) is 14.4 Å². The number of hydrogen-bond donors (Lipinski definition) is 2. The molecule has 1 aliphatic heterocycles. The molecule has 8 nitrogen and oxygen atoms in total. The molecule has 1 saturated heterocycles. The summed E-state index contributed by atoms with van der Waals surface area (Å²) in [5, 5.41) is 0. The Kier molecular flexibility index (Phi) is 10.9. The second kappa shape index (κ2) is 14.1. The van der Waals surface area contributed by atoms with E-state index in [2.05, 4.69) is 22.6 Å². The van der Waals surface area contributed by atoms with Crippen molar-refractivity contribution in [1.29, 1.82) is 0 Å². The predicted molar refractivity (Wildman–Crippen MR) is 151 cm³/mol. The van der Waals surface area contributed by atoms with E-state index in [0.29, 0.717) is 9.99 Å². The SMILES string of the molecule is CO[C@H]1O[C@H](CI)[C@@H](OC(c2ccccc2)P(=O)(O)O)[C@H](OCc2ccccc2)[C@H]1OCc1ccccc1. The highest BCUT2D eigenvalue weighted by molar-refractivity contribution is 14.1. The monoisotopic (exact) mass is 654 g/mol. The Bertz CT molecular complexity index is 1150. The number of rotatable bonds is 12. The van der Waals surface area contributed by atoms with Gasteiger partial charge in [-0.25, -0.2) is 0 Å². The van der Waals surface area contributed by atoms with Crippen molar-refractivity contribution in [3.8, 4) is 0 Å². The van der Waals surface area contributed by atoms with Gasteiger partial charge in [-0.2, -0.15) is 0 Å². The van der Waals surface area contributed by atoms with Crippen LogP contribution in [0.2, 0.25) is 0 Å². The lowest BCUT2D eigenvalue weighted by Gasteiger charge is -2.46. The van der Waals surface area contributed by atoms with E-state index in [4.69, 9.17) is 23.7 Å². The van der Waals surface area contributed by atoms with Crippen LogP contribution in [0.4, 0.5) is 0 Å². The number of halogens is 1. The van der Waals surface area contributed by atoms with Gasteiger partial charge in [0.15, 0.2) is 12.1 Å². The van der Waals surface area contributed by atoms with Crippen LogP contribution >= 0.6 is 30.2 Å². The van der Waals surface area contributed by atoms with Crippen LogP contribution in [0.25, 0.3) is 0 Å². The van der Waals surface area contributed by atoms with Gasteiger partial charge >= 0.3 is 7.60 Å². The molecule has 0 spiro atoms. The van der Waals surface area contributed by atoms with Gasteiger partial charge in [0.25, 0.3) is 0 Å². The normalized spacial score (nSPS) is 24.7. The number of benzene rings is 3. The molecule has 0 radical (unpaired) electrons. The van der Waals surface area contributed by atoms with E-state index in [-0.39, 0.29) is 13.2 Å². The number of ether oxygens (including phenoxy) is 5. The first-order valence-electron chi connectivity index (χ1n) is 12.2. The van der Waals surface area contributed by atoms with E-state index >= 15 is 0 Å². The van der Waals surface area contributed by atoms with E-state index in [1.165, 1.54) is 7.11 Å². The first kappa shape index (κ1) is 29.3. The summed E-state index contributed by atoms with van der Waals surface area (Å²) in [4.78, 5) is 20.6. The minimum absolute atomic E-state index is 0.243. The van der Waals surface area contributed by atoms with E-state index in [1.54, 1.807) is 30.3 Å². The van der Waals surface area contributed by atoms with Gasteiger partial charge in [-0.05, 0) is 16.7 Å². The first-order valence-corrected chi connectivity index (χ1v) is 15.4. The summed E-state index contributed by atoms with van der Waals surface area (Å²) in [6.45, 7) is 0.509. The van der Waals surface area contributed by atoms with Gasteiger partial charge in [-0.1, -0.05) is 114 Å². The minimum Gasteiger partial charge on any atom is -0.368 e. The van der Waals surface area contributed by atoms with E-state index in [1.807, 2.05) is 60.7 Å². The fourth-order valence-electron chi connectivity index (χ4n) is 4.37. The third-order valence-electron chi connectivity index (χ3n) is 6.22. The predicted octanol–water partition coefficient (Wildman–Crippen LogP) is 5.23. The zero-order valence-electron chi connectivity index (χ0n) is 20.9. The van der Waals surface area contributed by atoms with Gasteiger partial charge in [0.1, 0.15) is 18.3 Å². The molecule has 0 aromatic heterocycles. The molecule has 2 N–H and O–H groups in total. The fourth-order valence-corrected chi connectivity index (χ4v) is 5.94. The first-order chi connectivity index (χ1) is 18.4. The molecule has 4 rings (SSSR count). The molecule has 3 aromatic rings. The summed E-state index contributed by atoms with van der Waals surface area (Å²) >= 11 is 2.17. The van der Waals surface area contributed by atoms with Crippen molar-refractivity contribution in [2.75, 3.05) is 11.5 Å². The van der Waals surface area contributed by atoms with Crippen LogP contribution in [0.15, 0.2) is 91.0 Å². The molecule has 1 aliphatic rings. The summed E-state index contributed by atoms with van der Waals surface area (Å²) in [5.41, 5.74) is 2.26. The quantitative estimate of drug-likeness (QED) is 0.156. The van der Waals surface area contributed by atoms with Crippen molar-refractivity contribution in [1.82, 2.24) is 0 Å². The largest absolute Gasteiger partial charge is 0.368 e. The third-order valence-corrected chi connectivity index (χ3v) is 8.12. The van der Waals surface area contributed by atoms with Gasteiger partial charge in [0.2, 0.25) is 0 Å². The maximum Gasteiger partial charge on any atom is 0.358 e. The van der Waals surface area contributed by atoms with Crippen LogP contribution < -0.4 is 0 Å². The van der Waals surface area contributed by atoms with E-state index in [0.717, 1.165) is 11.1 Å². The number of methoxy groups -OCH3 is 1. The van der Waals surface area contributed by atoms with Gasteiger partial charge in [0.05, 0.1) is 19.3 Å². The van der Waals surface area contributed by atoms with E-state index < -0.39 is 44.1 Å². The third kappa shape index (κ3) is 7.71. The van der Waals surface area contributed by atoms with Crippen LogP contribution in [0, 0.1) is 0 Å². The molecule has 1 fully saturated rings. The molecule has 1 heterocycles. The van der Waals surface area contributed by atoms with Crippen LogP contribution in [0.3, 0.4) is 0 Å². The average molecular weight is 654 g/mol. The second-order valence-electron chi connectivity index (χ2n) is 8.91. The van der Waals surface area contributed by atoms with Crippen molar-refractivity contribution in [3.63, 3.8) is 0 Å². The number of hydrogen-bond acceptors (Lipinski definition) is 6. The standard InChI is InChI=1S/C28H32IO8P/c1-33-27-26(35-19-21-13-7-3-8-14-21)25(34-18-20-11-5-2-6-12-20)24(23(17-29)36-27)37-28(38(30,31)32)22-15-9-4-10-16-22/h2-16,23-28H,17-19H2,1H3,(H2,30,31,32)/t23-,24-,25+,26-,27+,28?/m1/s1. The van der Waals surface area contributed by atoms with Crippen molar-refractivity contribution in [2.24, 2.45) is 0 Å². The van der Waals surface area contributed by atoms with Crippen LogP contribution in [-0.2, 0) is 41.5 Å². The minimum atomic E-state index is -4.72. The number of alkyl halides is 1. The second-order valence-corrected chi connectivity index (χ2v) is 11.4. The molecular weight excluding hydrogens is 622 g/mol. The van der Waals surface area contributed by atoms with Gasteiger partial charge in [-0.3, -0.25) is 4.57 Å². The van der Waals surface area contributed by atoms with Gasteiger partial charge in [-0.15, -0.1) is 0 Å². The summed E-state index contributed by atoms with van der Waals surface area (Å²) in [6, 6.07) is 27.8. The highest BCUT2D eigenvalue weighted by atomic mass is 127. The molecule has 0 amide bonds. The molecule has 0 aliphatic carbocycles. The molecule has 204 valence electrons. The summed E-state index contributed by atoms with van der Waals surface area (Å²) in [7, 11) is -3.18. The highest BCUT2D eigenvalue weighted by Crippen LogP contribution is 2.54. The molecule has 3 aromatic carbocycles. The topological polar surface area (TPSA) is 104 Å². The van der Waals surface area contributed by atoms with Crippen molar-refractivity contribution in [3.05, 3.63) is 108 Å². The molecule has 10 heteroatoms.